The molecule has 1 N–H and O–H groups in total. The Morgan fingerprint density at radius 1 is 1.36 bits per heavy atom. The molecule has 0 spiro atoms. The number of nitrogens with one attached hydrogen (secondary N) is 1. The first kappa shape index (κ1) is 17.8. The first-order valence-corrected chi connectivity index (χ1v) is 9.98. The number of aryl methyl sites for hydroxylation is 2. The quantitative estimate of drug-likeness (QED) is 0.883. The number of benzene rings is 1. The Bertz CT molecular complexity index is 921. The zero-order chi connectivity index (χ0) is 18.2. The second kappa shape index (κ2) is 6.74. The van der Waals surface area contributed by atoms with E-state index in [1.54, 1.807) is 13.0 Å². The Kier molecular flexibility index (Phi) is 4.81. The fourth-order valence-corrected chi connectivity index (χ4v) is 5.50. The number of anilines is 1. The van der Waals surface area contributed by atoms with Crippen LogP contribution in [-0.4, -0.2) is 37.5 Å². The number of fused-ring (bicyclic) bond motifs is 1. The highest BCUT2D eigenvalue weighted by atomic mass is 32.2. The van der Waals surface area contributed by atoms with Crippen molar-refractivity contribution in [3.8, 4) is 0 Å². The monoisotopic (exact) mass is 381 g/mol. The number of sulfonamides is 1. The van der Waals surface area contributed by atoms with Crippen molar-refractivity contribution in [2.75, 3.05) is 19.0 Å². The van der Waals surface area contributed by atoms with Crippen LogP contribution in [0.1, 0.15) is 21.7 Å². The number of hydrogen-bond acceptors (Lipinski definition) is 6. The molecule has 1 aromatic heterocycles. The minimum atomic E-state index is -3.58. The summed E-state index contributed by atoms with van der Waals surface area (Å²) in [6.07, 6.45) is -0.0790. The lowest BCUT2D eigenvalue weighted by molar-refractivity contribution is 0.187. The molecule has 0 saturated heterocycles. The molecule has 7 nitrogen and oxygen atoms in total. The fourth-order valence-electron chi connectivity index (χ4n) is 2.69. The molecular weight excluding hydrogens is 362 g/mol. The van der Waals surface area contributed by atoms with Crippen LogP contribution in [0.5, 0.6) is 0 Å². The number of nitrogens with zero attached hydrogens (tertiary/aromatic N) is 2. The molecule has 3 rings (SSSR count). The molecule has 2 aromatic rings. The molecule has 0 radical (unpaired) electrons. The van der Waals surface area contributed by atoms with Crippen molar-refractivity contribution in [3.63, 3.8) is 0 Å². The second-order valence-electron chi connectivity index (χ2n) is 5.86. The lowest BCUT2D eigenvalue weighted by Gasteiger charge is -2.26. The molecule has 1 amide bonds. The second-order valence-corrected chi connectivity index (χ2v) is 8.85. The maximum atomic E-state index is 13.0. The molecule has 9 heteroatoms. The summed E-state index contributed by atoms with van der Waals surface area (Å²) >= 11 is 1.27. The van der Waals surface area contributed by atoms with Gasteiger partial charge in [-0.15, -0.1) is 0 Å². The van der Waals surface area contributed by atoms with Gasteiger partial charge in [0.2, 0.25) is 10.0 Å². The fraction of sp³-hybridized carbons (Fsp3) is 0.375. The van der Waals surface area contributed by atoms with Gasteiger partial charge in [-0.25, -0.2) is 18.2 Å². The number of ether oxygens (including phenoxy) is 1. The predicted molar refractivity (Wildman–Crippen MR) is 95.4 cm³/mol. The van der Waals surface area contributed by atoms with Crippen LogP contribution in [-0.2, 0) is 27.7 Å². The van der Waals surface area contributed by atoms with Gasteiger partial charge in [-0.2, -0.15) is 4.31 Å². The van der Waals surface area contributed by atoms with Crippen LogP contribution in [0, 0.1) is 13.8 Å². The van der Waals surface area contributed by atoms with Crippen LogP contribution in [0.4, 0.5) is 9.93 Å². The minimum absolute atomic E-state index is 0.256. The van der Waals surface area contributed by atoms with Gasteiger partial charge in [-0.3, -0.25) is 5.32 Å². The Hall–Kier alpha value is -1.97. The number of thiazole rings is 1. The number of amides is 1. The van der Waals surface area contributed by atoms with Gasteiger partial charge in [-0.1, -0.05) is 23.5 Å². The summed E-state index contributed by atoms with van der Waals surface area (Å²) in [5.41, 5.74) is 2.46. The van der Waals surface area contributed by atoms with Crippen LogP contribution >= 0.6 is 11.3 Å². The predicted octanol–water partition coefficient (Wildman–Crippen LogP) is 2.69. The smallest absolute Gasteiger partial charge is 0.413 e. The van der Waals surface area contributed by atoms with Crippen molar-refractivity contribution in [2.24, 2.45) is 0 Å². The SMILES string of the molecule is COC(=O)Nc1nc2c(s1)CN(S(=O)(=O)c1cc(C)ccc1C)CC2. The summed E-state index contributed by atoms with van der Waals surface area (Å²) in [6.45, 7) is 4.29. The van der Waals surface area contributed by atoms with E-state index >= 15 is 0 Å². The van der Waals surface area contributed by atoms with Crippen LogP contribution in [0.25, 0.3) is 0 Å². The molecule has 134 valence electrons. The molecule has 1 aliphatic rings. The normalized spacial score (nSPS) is 14.8. The number of aromatic nitrogens is 1. The van der Waals surface area contributed by atoms with Crippen molar-refractivity contribution in [3.05, 3.63) is 39.9 Å². The van der Waals surface area contributed by atoms with Gasteiger partial charge in [0.25, 0.3) is 0 Å². The maximum Gasteiger partial charge on any atom is 0.413 e. The standard InChI is InChI=1S/C16H19N3O4S2/c1-10-4-5-11(2)14(8-10)25(21,22)19-7-6-12-13(9-19)24-15(17-12)18-16(20)23-3/h4-5,8H,6-7,9H2,1-3H3,(H,17,18,20). The third-order valence-electron chi connectivity index (χ3n) is 4.05. The molecule has 0 saturated carbocycles. The zero-order valence-electron chi connectivity index (χ0n) is 14.2. The van der Waals surface area contributed by atoms with Gasteiger partial charge in [0.15, 0.2) is 5.13 Å². The Labute approximate surface area is 150 Å². The summed E-state index contributed by atoms with van der Waals surface area (Å²) in [5, 5.41) is 2.95. The first-order valence-electron chi connectivity index (χ1n) is 7.72. The van der Waals surface area contributed by atoms with E-state index in [-0.39, 0.29) is 6.54 Å². The van der Waals surface area contributed by atoms with E-state index in [0.717, 1.165) is 21.7 Å². The Balaban J connectivity index is 1.87. The van der Waals surface area contributed by atoms with Crippen LogP contribution in [0.3, 0.4) is 0 Å². The van der Waals surface area contributed by atoms with Crippen molar-refractivity contribution in [1.82, 2.24) is 9.29 Å². The molecule has 25 heavy (non-hydrogen) atoms. The van der Waals surface area contributed by atoms with E-state index in [1.165, 1.54) is 22.8 Å². The van der Waals surface area contributed by atoms with Crippen LogP contribution < -0.4 is 5.32 Å². The summed E-state index contributed by atoms with van der Waals surface area (Å²) in [5.74, 6) is 0. The van der Waals surface area contributed by atoms with Gasteiger partial charge >= 0.3 is 6.09 Å². The average Bonchev–Trinajstić information content (AvgIpc) is 2.98. The number of methoxy groups -OCH3 is 1. The summed E-state index contributed by atoms with van der Waals surface area (Å²) in [7, 11) is -2.30. The molecule has 1 aliphatic heterocycles. The highest BCUT2D eigenvalue weighted by Gasteiger charge is 2.31. The topological polar surface area (TPSA) is 88.6 Å². The van der Waals surface area contributed by atoms with E-state index in [4.69, 9.17) is 0 Å². The molecular formula is C16H19N3O4S2. The van der Waals surface area contributed by atoms with E-state index in [9.17, 15) is 13.2 Å². The van der Waals surface area contributed by atoms with Crippen molar-refractivity contribution in [2.45, 2.75) is 31.7 Å². The molecule has 1 aromatic carbocycles. The molecule has 0 unspecified atom stereocenters. The highest BCUT2D eigenvalue weighted by molar-refractivity contribution is 7.89. The van der Waals surface area contributed by atoms with Gasteiger partial charge < -0.3 is 4.74 Å². The van der Waals surface area contributed by atoms with Crippen LogP contribution in [0.2, 0.25) is 0 Å². The van der Waals surface area contributed by atoms with Gasteiger partial charge in [-0.05, 0) is 31.0 Å². The third-order valence-corrected chi connectivity index (χ3v) is 7.04. The summed E-state index contributed by atoms with van der Waals surface area (Å²) in [6, 6.07) is 5.43. The first-order chi connectivity index (χ1) is 11.8. The minimum Gasteiger partial charge on any atom is -0.453 e. The summed E-state index contributed by atoms with van der Waals surface area (Å²) in [4.78, 5) is 16.8. The lowest BCUT2D eigenvalue weighted by atomic mass is 10.2. The molecule has 0 atom stereocenters. The number of carbonyl (C=O) groups is 1. The molecule has 0 fully saturated rings. The largest absolute Gasteiger partial charge is 0.453 e. The Morgan fingerprint density at radius 3 is 2.84 bits per heavy atom. The highest BCUT2D eigenvalue weighted by Crippen LogP contribution is 2.32. The average molecular weight is 381 g/mol. The third kappa shape index (κ3) is 3.53. The van der Waals surface area contributed by atoms with Crippen LogP contribution in [0.15, 0.2) is 23.1 Å². The Morgan fingerprint density at radius 2 is 2.12 bits per heavy atom. The molecule has 2 heterocycles. The number of hydrogen-bond donors (Lipinski definition) is 1. The molecule has 0 bridgehead atoms. The molecule has 0 aliphatic carbocycles. The van der Waals surface area contributed by atoms with E-state index in [1.807, 2.05) is 19.1 Å². The number of rotatable bonds is 3. The van der Waals surface area contributed by atoms with Gasteiger partial charge in [0.05, 0.1) is 24.2 Å². The zero-order valence-corrected chi connectivity index (χ0v) is 15.8. The van der Waals surface area contributed by atoms with Gasteiger partial charge in [0, 0.05) is 17.8 Å². The lowest BCUT2D eigenvalue weighted by Crippen LogP contribution is -2.35. The van der Waals surface area contributed by atoms with E-state index in [2.05, 4.69) is 15.0 Å². The van der Waals surface area contributed by atoms with Crippen molar-refractivity contribution >= 4 is 32.6 Å². The van der Waals surface area contributed by atoms with Crippen molar-refractivity contribution in [1.29, 1.82) is 0 Å². The maximum absolute atomic E-state index is 13.0. The summed E-state index contributed by atoms with van der Waals surface area (Å²) < 4.78 is 32.1. The number of carbonyl (C=O) groups excluding carboxylic acids is 1. The van der Waals surface area contributed by atoms with E-state index in [0.29, 0.717) is 23.0 Å². The van der Waals surface area contributed by atoms with Crippen molar-refractivity contribution < 1.29 is 17.9 Å². The van der Waals surface area contributed by atoms with E-state index < -0.39 is 16.1 Å². The van der Waals surface area contributed by atoms with Gasteiger partial charge in [0.1, 0.15) is 0 Å².